The number of carbonyl (C=O) groups is 1. The van der Waals surface area contributed by atoms with Crippen LogP contribution in [0.5, 0.6) is 0 Å². The Kier molecular flexibility index (Phi) is 5.13. The van der Waals surface area contributed by atoms with Crippen LogP contribution in [0.15, 0.2) is 17.1 Å². The lowest BCUT2D eigenvalue weighted by atomic mass is 10.0. The minimum atomic E-state index is -0.513. The number of hydrogen-bond donors (Lipinski definition) is 0. The highest BCUT2D eigenvalue weighted by molar-refractivity contribution is 5.77. The third-order valence-corrected chi connectivity index (χ3v) is 2.91. The molecule has 0 radical (unpaired) electrons. The summed E-state index contributed by atoms with van der Waals surface area (Å²) in [6.45, 7) is 6.07. The van der Waals surface area contributed by atoms with Crippen LogP contribution in [-0.2, 0) is 16.6 Å². The average molecular weight is 251 g/mol. The Morgan fingerprint density at radius 3 is 2.78 bits per heavy atom. The van der Waals surface area contributed by atoms with Gasteiger partial charge in [0.1, 0.15) is 0 Å². The average Bonchev–Trinajstić information content (AvgIpc) is 2.33. The number of rotatable bonds is 5. The zero-order valence-electron chi connectivity index (χ0n) is 11.5. The van der Waals surface area contributed by atoms with Gasteiger partial charge in [-0.05, 0) is 31.9 Å². The maximum atomic E-state index is 12.0. The Balaban J connectivity index is 2.87. The van der Waals surface area contributed by atoms with Gasteiger partial charge in [0.15, 0.2) is 0 Å². The molecule has 0 aliphatic rings. The normalized spacial score (nSPS) is 12.2. The standard InChI is InChI=1S/C14H21NO3/c1-5-6-7-18-14(17)11(3)12-8-10(2)9-15(4)13(12)16/h8-9,11H,5-7H2,1-4H3. The largest absolute Gasteiger partial charge is 0.465 e. The minimum absolute atomic E-state index is 0.138. The molecule has 0 aliphatic heterocycles. The molecule has 1 aromatic heterocycles. The second-order valence-electron chi connectivity index (χ2n) is 4.63. The Morgan fingerprint density at radius 2 is 2.17 bits per heavy atom. The fourth-order valence-corrected chi connectivity index (χ4v) is 1.79. The van der Waals surface area contributed by atoms with Crippen LogP contribution in [0.1, 0.15) is 43.7 Å². The number of pyridine rings is 1. The summed E-state index contributed by atoms with van der Waals surface area (Å²) in [7, 11) is 1.69. The van der Waals surface area contributed by atoms with Crippen LogP contribution in [0.4, 0.5) is 0 Å². The summed E-state index contributed by atoms with van der Waals surface area (Å²) in [4.78, 5) is 23.8. The molecule has 0 amide bonds. The predicted octanol–water partition coefficient (Wildman–Crippen LogP) is 2.14. The van der Waals surface area contributed by atoms with Gasteiger partial charge in [-0.25, -0.2) is 0 Å². The first kappa shape index (κ1) is 14.5. The topological polar surface area (TPSA) is 48.3 Å². The SMILES string of the molecule is CCCCOC(=O)C(C)c1cc(C)cn(C)c1=O. The molecule has 100 valence electrons. The van der Waals surface area contributed by atoms with Crippen LogP contribution < -0.4 is 5.56 Å². The highest BCUT2D eigenvalue weighted by Crippen LogP contribution is 2.14. The number of ether oxygens (including phenoxy) is 1. The van der Waals surface area contributed by atoms with Gasteiger partial charge < -0.3 is 9.30 Å². The molecule has 1 aromatic rings. The number of unbranched alkanes of at least 4 members (excludes halogenated alkanes) is 1. The monoisotopic (exact) mass is 251 g/mol. The summed E-state index contributed by atoms with van der Waals surface area (Å²) in [5.41, 5.74) is 1.32. The van der Waals surface area contributed by atoms with E-state index in [0.717, 1.165) is 18.4 Å². The van der Waals surface area contributed by atoms with E-state index in [2.05, 4.69) is 0 Å². The molecular formula is C14H21NO3. The van der Waals surface area contributed by atoms with E-state index in [1.54, 1.807) is 26.2 Å². The first-order valence-corrected chi connectivity index (χ1v) is 6.31. The molecule has 0 N–H and O–H groups in total. The van der Waals surface area contributed by atoms with E-state index >= 15 is 0 Å². The van der Waals surface area contributed by atoms with E-state index in [1.165, 1.54) is 4.57 Å². The minimum Gasteiger partial charge on any atom is -0.465 e. The zero-order valence-corrected chi connectivity index (χ0v) is 11.5. The molecule has 0 saturated heterocycles. The highest BCUT2D eigenvalue weighted by atomic mass is 16.5. The van der Waals surface area contributed by atoms with Gasteiger partial charge in [0, 0.05) is 18.8 Å². The molecule has 1 heterocycles. The van der Waals surface area contributed by atoms with Crippen LogP contribution in [0.25, 0.3) is 0 Å². The number of nitrogens with zero attached hydrogens (tertiary/aromatic N) is 1. The van der Waals surface area contributed by atoms with Crippen molar-refractivity contribution in [3.8, 4) is 0 Å². The molecule has 1 unspecified atom stereocenters. The lowest BCUT2D eigenvalue weighted by Crippen LogP contribution is -2.26. The number of esters is 1. The van der Waals surface area contributed by atoms with Crippen LogP contribution in [0, 0.1) is 6.92 Å². The third-order valence-electron chi connectivity index (χ3n) is 2.91. The maximum Gasteiger partial charge on any atom is 0.313 e. The zero-order chi connectivity index (χ0) is 13.7. The van der Waals surface area contributed by atoms with Crippen molar-refractivity contribution >= 4 is 5.97 Å². The van der Waals surface area contributed by atoms with Crippen LogP contribution in [0.3, 0.4) is 0 Å². The summed E-state index contributed by atoms with van der Waals surface area (Å²) >= 11 is 0. The van der Waals surface area contributed by atoms with Gasteiger partial charge in [0.2, 0.25) is 0 Å². The molecule has 18 heavy (non-hydrogen) atoms. The quantitative estimate of drug-likeness (QED) is 0.595. The molecule has 0 aromatic carbocycles. The molecule has 0 aliphatic carbocycles. The van der Waals surface area contributed by atoms with Gasteiger partial charge in [-0.3, -0.25) is 9.59 Å². The van der Waals surface area contributed by atoms with Gasteiger partial charge in [-0.15, -0.1) is 0 Å². The van der Waals surface area contributed by atoms with E-state index in [0.29, 0.717) is 12.2 Å². The summed E-state index contributed by atoms with van der Waals surface area (Å²) in [5, 5.41) is 0. The van der Waals surface area contributed by atoms with Crippen molar-refractivity contribution < 1.29 is 9.53 Å². The smallest absolute Gasteiger partial charge is 0.313 e. The second-order valence-corrected chi connectivity index (χ2v) is 4.63. The predicted molar refractivity (Wildman–Crippen MR) is 70.7 cm³/mol. The van der Waals surface area contributed by atoms with E-state index < -0.39 is 5.92 Å². The number of hydrogen-bond acceptors (Lipinski definition) is 3. The first-order chi connectivity index (χ1) is 8.47. The summed E-state index contributed by atoms with van der Waals surface area (Å²) in [5.74, 6) is -0.841. The summed E-state index contributed by atoms with van der Waals surface area (Å²) in [6.07, 6.45) is 3.58. The molecule has 4 nitrogen and oxygen atoms in total. The van der Waals surface area contributed by atoms with Crippen molar-refractivity contribution in [3.63, 3.8) is 0 Å². The van der Waals surface area contributed by atoms with Crippen molar-refractivity contribution in [1.29, 1.82) is 0 Å². The number of aromatic nitrogens is 1. The maximum absolute atomic E-state index is 12.0. The molecule has 4 heteroatoms. The Hall–Kier alpha value is -1.58. The molecule has 0 fully saturated rings. The molecule has 0 saturated carbocycles. The van der Waals surface area contributed by atoms with Crippen LogP contribution >= 0.6 is 0 Å². The first-order valence-electron chi connectivity index (χ1n) is 6.31. The lowest BCUT2D eigenvalue weighted by molar-refractivity contribution is -0.145. The van der Waals surface area contributed by atoms with Crippen LogP contribution in [0.2, 0.25) is 0 Å². The molecule has 1 atom stereocenters. The van der Waals surface area contributed by atoms with Crippen LogP contribution in [-0.4, -0.2) is 17.1 Å². The third kappa shape index (κ3) is 3.45. The number of carbonyl (C=O) groups excluding carboxylic acids is 1. The fraction of sp³-hybridized carbons (Fsp3) is 0.571. The highest BCUT2D eigenvalue weighted by Gasteiger charge is 2.20. The second kappa shape index (κ2) is 6.38. The van der Waals surface area contributed by atoms with E-state index in [9.17, 15) is 9.59 Å². The Morgan fingerprint density at radius 1 is 1.50 bits per heavy atom. The summed E-state index contributed by atoms with van der Waals surface area (Å²) < 4.78 is 6.65. The van der Waals surface area contributed by atoms with Crippen molar-refractivity contribution in [2.75, 3.05) is 6.61 Å². The molecule has 0 bridgehead atoms. The van der Waals surface area contributed by atoms with E-state index in [-0.39, 0.29) is 11.5 Å². The molecule has 0 spiro atoms. The van der Waals surface area contributed by atoms with E-state index in [4.69, 9.17) is 4.74 Å². The molecule has 1 rings (SSSR count). The fourth-order valence-electron chi connectivity index (χ4n) is 1.79. The molecular weight excluding hydrogens is 230 g/mol. The van der Waals surface area contributed by atoms with E-state index in [1.807, 2.05) is 13.8 Å². The van der Waals surface area contributed by atoms with Crippen molar-refractivity contribution in [2.45, 2.75) is 39.5 Å². The Labute approximate surface area is 108 Å². The van der Waals surface area contributed by atoms with Crippen molar-refractivity contribution in [2.24, 2.45) is 7.05 Å². The number of aryl methyl sites for hydroxylation is 2. The van der Waals surface area contributed by atoms with Gasteiger partial charge in [0.05, 0.1) is 12.5 Å². The lowest BCUT2D eigenvalue weighted by Gasteiger charge is -2.12. The Bertz CT molecular complexity index is 476. The summed E-state index contributed by atoms with van der Waals surface area (Å²) in [6, 6.07) is 1.76. The van der Waals surface area contributed by atoms with Gasteiger partial charge >= 0.3 is 5.97 Å². The van der Waals surface area contributed by atoms with Crippen molar-refractivity contribution in [3.05, 3.63) is 33.7 Å². The van der Waals surface area contributed by atoms with Crippen molar-refractivity contribution in [1.82, 2.24) is 4.57 Å². The van der Waals surface area contributed by atoms with Gasteiger partial charge in [-0.2, -0.15) is 0 Å². The van der Waals surface area contributed by atoms with Gasteiger partial charge in [-0.1, -0.05) is 13.3 Å². The van der Waals surface area contributed by atoms with Gasteiger partial charge in [0.25, 0.3) is 5.56 Å².